The SMILES string of the molecule is c1cc(CNCCOc2cccc3cccnc23)cc(Cn2cccn2)c1. The lowest BCUT2D eigenvalue weighted by Crippen LogP contribution is -2.20. The molecule has 0 fully saturated rings. The lowest BCUT2D eigenvalue weighted by molar-refractivity contribution is 0.316. The molecule has 136 valence electrons. The Labute approximate surface area is 158 Å². The van der Waals surface area contributed by atoms with Gasteiger partial charge in [-0.15, -0.1) is 0 Å². The number of hydrogen-bond donors (Lipinski definition) is 1. The molecule has 5 heteroatoms. The van der Waals surface area contributed by atoms with Crippen LogP contribution >= 0.6 is 0 Å². The number of benzene rings is 2. The van der Waals surface area contributed by atoms with Gasteiger partial charge in [0, 0.05) is 37.1 Å². The van der Waals surface area contributed by atoms with Gasteiger partial charge in [0.25, 0.3) is 0 Å². The van der Waals surface area contributed by atoms with Crippen molar-refractivity contribution in [2.45, 2.75) is 13.1 Å². The van der Waals surface area contributed by atoms with Crippen molar-refractivity contribution in [1.82, 2.24) is 20.1 Å². The third kappa shape index (κ3) is 4.51. The van der Waals surface area contributed by atoms with Crippen molar-refractivity contribution < 1.29 is 4.74 Å². The summed E-state index contributed by atoms with van der Waals surface area (Å²) in [5.74, 6) is 0.830. The van der Waals surface area contributed by atoms with E-state index in [4.69, 9.17) is 4.74 Å². The zero-order valence-electron chi connectivity index (χ0n) is 15.1. The van der Waals surface area contributed by atoms with E-state index in [2.05, 4.69) is 39.7 Å². The fourth-order valence-corrected chi connectivity index (χ4v) is 3.08. The maximum atomic E-state index is 5.91. The summed E-state index contributed by atoms with van der Waals surface area (Å²) in [6.45, 7) is 2.97. The number of hydrogen-bond acceptors (Lipinski definition) is 4. The van der Waals surface area contributed by atoms with Crippen LogP contribution in [-0.2, 0) is 13.1 Å². The van der Waals surface area contributed by atoms with Crippen molar-refractivity contribution in [1.29, 1.82) is 0 Å². The van der Waals surface area contributed by atoms with Crippen molar-refractivity contribution in [3.05, 3.63) is 90.4 Å². The van der Waals surface area contributed by atoms with Gasteiger partial charge in [0.1, 0.15) is 17.9 Å². The van der Waals surface area contributed by atoms with Gasteiger partial charge in [-0.1, -0.05) is 42.5 Å². The minimum atomic E-state index is 0.600. The molecule has 2 heterocycles. The Morgan fingerprint density at radius 2 is 1.81 bits per heavy atom. The predicted octanol–water partition coefficient (Wildman–Crippen LogP) is 3.65. The number of aromatic nitrogens is 3. The molecule has 5 nitrogen and oxygen atoms in total. The summed E-state index contributed by atoms with van der Waals surface area (Å²) >= 11 is 0. The van der Waals surface area contributed by atoms with Gasteiger partial charge in [0.15, 0.2) is 0 Å². The molecule has 0 bridgehead atoms. The first-order valence-corrected chi connectivity index (χ1v) is 9.11. The highest BCUT2D eigenvalue weighted by molar-refractivity contribution is 5.84. The molecule has 4 aromatic rings. The van der Waals surface area contributed by atoms with Crippen molar-refractivity contribution in [3.63, 3.8) is 0 Å². The molecule has 1 N–H and O–H groups in total. The topological polar surface area (TPSA) is 52.0 Å². The molecular weight excluding hydrogens is 336 g/mol. The van der Waals surface area contributed by atoms with Crippen molar-refractivity contribution in [3.8, 4) is 5.75 Å². The molecule has 4 rings (SSSR count). The monoisotopic (exact) mass is 358 g/mol. The van der Waals surface area contributed by atoms with Gasteiger partial charge in [-0.05, 0) is 29.3 Å². The van der Waals surface area contributed by atoms with E-state index in [9.17, 15) is 0 Å². The maximum Gasteiger partial charge on any atom is 0.145 e. The largest absolute Gasteiger partial charge is 0.490 e. The second kappa shape index (κ2) is 8.47. The van der Waals surface area contributed by atoms with Gasteiger partial charge >= 0.3 is 0 Å². The van der Waals surface area contributed by atoms with Gasteiger partial charge in [-0.2, -0.15) is 5.10 Å². The lowest BCUT2D eigenvalue weighted by atomic mass is 10.1. The van der Waals surface area contributed by atoms with E-state index in [0.717, 1.165) is 36.3 Å². The molecule has 0 aliphatic rings. The van der Waals surface area contributed by atoms with Crippen LogP contribution in [0.3, 0.4) is 0 Å². The number of nitrogens with zero attached hydrogens (tertiary/aromatic N) is 3. The number of rotatable bonds is 8. The molecule has 2 aromatic heterocycles. The number of ether oxygens (including phenoxy) is 1. The van der Waals surface area contributed by atoms with E-state index in [0.29, 0.717) is 6.61 Å². The fourth-order valence-electron chi connectivity index (χ4n) is 3.08. The summed E-state index contributed by atoms with van der Waals surface area (Å²) in [4.78, 5) is 4.42. The quantitative estimate of drug-likeness (QED) is 0.489. The van der Waals surface area contributed by atoms with E-state index < -0.39 is 0 Å². The van der Waals surface area contributed by atoms with Crippen LogP contribution in [0.1, 0.15) is 11.1 Å². The Balaban J connectivity index is 1.26. The van der Waals surface area contributed by atoms with Crippen molar-refractivity contribution in [2.24, 2.45) is 0 Å². The molecule has 2 aromatic carbocycles. The van der Waals surface area contributed by atoms with Crippen LogP contribution in [0.5, 0.6) is 5.75 Å². The lowest BCUT2D eigenvalue weighted by Gasteiger charge is -2.10. The van der Waals surface area contributed by atoms with Crippen LogP contribution in [0, 0.1) is 0 Å². The highest BCUT2D eigenvalue weighted by Gasteiger charge is 2.02. The smallest absolute Gasteiger partial charge is 0.145 e. The van der Waals surface area contributed by atoms with Crippen LogP contribution < -0.4 is 10.1 Å². The standard InChI is InChI=1S/C22H22N4O/c1-5-18(15-19(6-1)17-26-13-4-11-25-26)16-23-12-14-27-21-9-2-7-20-8-3-10-24-22(20)21/h1-11,13,15,23H,12,14,16-17H2. The Morgan fingerprint density at radius 3 is 2.74 bits per heavy atom. The van der Waals surface area contributed by atoms with Crippen LogP contribution in [0.2, 0.25) is 0 Å². The summed E-state index contributed by atoms with van der Waals surface area (Å²) in [5, 5.41) is 8.79. The van der Waals surface area contributed by atoms with Crippen LogP contribution in [0.25, 0.3) is 10.9 Å². The molecule has 0 spiro atoms. The van der Waals surface area contributed by atoms with Crippen molar-refractivity contribution >= 4 is 10.9 Å². The zero-order valence-corrected chi connectivity index (χ0v) is 15.1. The van der Waals surface area contributed by atoms with Crippen LogP contribution in [0.4, 0.5) is 0 Å². The Hall–Kier alpha value is -3.18. The second-order valence-electron chi connectivity index (χ2n) is 6.38. The summed E-state index contributed by atoms with van der Waals surface area (Å²) in [6, 6.07) is 20.5. The van der Waals surface area contributed by atoms with Crippen molar-refractivity contribution in [2.75, 3.05) is 13.2 Å². The third-order valence-electron chi connectivity index (χ3n) is 4.36. The van der Waals surface area contributed by atoms with Crippen LogP contribution in [-0.4, -0.2) is 27.9 Å². The summed E-state index contributed by atoms with van der Waals surface area (Å²) < 4.78 is 7.84. The molecule has 0 aliphatic carbocycles. The molecule has 0 amide bonds. The average molecular weight is 358 g/mol. The molecule has 27 heavy (non-hydrogen) atoms. The highest BCUT2D eigenvalue weighted by Crippen LogP contribution is 2.22. The van der Waals surface area contributed by atoms with Gasteiger partial charge in [-0.25, -0.2) is 0 Å². The molecular formula is C22H22N4O. The summed E-state index contributed by atoms with van der Waals surface area (Å²) in [7, 11) is 0. The Bertz CT molecular complexity index is 993. The maximum absolute atomic E-state index is 5.91. The first-order valence-electron chi connectivity index (χ1n) is 9.11. The summed E-state index contributed by atoms with van der Waals surface area (Å²) in [6.07, 6.45) is 5.57. The average Bonchev–Trinajstić information content (AvgIpc) is 3.21. The first-order chi connectivity index (χ1) is 13.4. The Kier molecular flexibility index (Phi) is 5.41. The second-order valence-corrected chi connectivity index (χ2v) is 6.38. The van der Waals surface area contributed by atoms with E-state index >= 15 is 0 Å². The predicted molar refractivity (Wildman–Crippen MR) is 107 cm³/mol. The van der Waals surface area contributed by atoms with Gasteiger partial charge in [-0.3, -0.25) is 9.67 Å². The molecule has 0 saturated carbocycles. The highest BCUT2D eigenvalue weighted by atomic mass is 16.5. The van der Waals surface area contributed by atoms with E-state index in [1.54, 1.807) is 12.4 Å². The minimum absolute atomic E-state index is 0.600. The Morgan fingerprint density at radius 1 is 0.926 bits per heavy atom. The normalized spacial score (nSPS) is 11.0. The molecule has 0 atom stereocenters. The van der Waals surface area contributed by atoms with Crippen LogP contribution in [0.15, 0.2) is 79.3 Å². The molecule has 0 aliphatic heterocycles. The zero-order chi connectivity index (χ0) is 18.3. The summed E-state index contributed by atoms with van der Waals surface area (Å²) in [5.41, 5.74) is 3.41. The number of nitrogens with one attached hydrogen (secondary N) is 1. The van der Waals surface area contributed by atoms with E-state index in [1.165, 1.54) is 11.1 Å². The number of para-hydroxylation sites is 1. The van der Waals surface area contributed by atoms with E-state index in [1.807, 2.05) is 47.3 Å². The molecule has 0 unspecified atom stereocenters. The molecule has 0 saturated heterocycles. The van der Waals surface area contributed by atoms with E-state index in [-0.39, 0.29) is 0 Å². The van der Waals surface area contributed by atoms with Gasteiger partial charge in [0.05, 0.1) is 6.54 Å². The minimum Gasteiger partial charge on any atom is -0.490 e. The number of pyridine rings is 1. The molecule has 0 radical (unpaired) electrons. The van der Waals surface area contributed by atoms with Gasteiger partial charge in [0.2, 0.25) is 0 Å². The van der Waals surface area contributed by atoms with Gasteiger partial charge < -0.3 is 10.1 Å². The number of fused-ring (bicyclic) bond motifs is 1. The third-order valence-corrected chi connectivity index (χ3v) is 4.36. The fraction of sp³-hybridized carbons (Fsp3) is 0.182. The first kappa shape index (κ1) is 17.2.